The van der Waals surface area contributed by atoms with Crippen molar-refractivity contribution in [3.05, 3.63) is 76.0 Å². The zero-order valence-corrected chi connectivity index (χ0v) is 15.5. The quantitative estimate of drug-likeness (QED) is 0.690. The summed E-state index contributed by atoms with van der Waals surface area (Å²) in [7, 11) is 1.81. The lowest BCUT2D eigenvalue weighted by Gasteiger charge is -2.10. The van der Waals surface area contributed by atoms with Crippen LogP contribution in [0, 0.1) is 19.7 Å². The van der Waals surface area contributed by atoms with Gasteiger partial charge in [-0.3, -0.25) is 9.48 Å². The van der Waals surface area contributed by atoms with Crippen molar-refractivity contribution in [1.29, 1.82) is 0 Å². The molecule has 134 valence electrons. The van der Waals surface area contributed by atoms with Gasteiger partial charge in [-0.25, -0.2) is 9.07 Å². The summed E-state index contributed by atoms with van der Waals surface area (Å²) in [5, 5.41) is 6.06. The van der Waals surface area contributed by atoms with Crippen LogP contribution < -0.4 is 16.2 Å². The van der Waals surface area contributed by atoms with Gasteiger partial charge in [0.2, 0.25) is 0 Å². The van der Waals surface area contributed by atoms with Gasteiger partial charge >= 0.3 is 0 Å². The number of rotatable bonds is 3. The van der Waals surface area contributed by atoms with Crippen molar-refractivity contribution in [3.8, 4) is 5.69 Å². The number of nitrogens with zero attached hydrogens (tertiary/aromatic N) is 2. The third-order valence-electron chi connectivity index (χ3n) is 4.22. The van der Waals surface area contributed by atoms with Crippen LogP contribution in [-0.4, -0.2) is 14.5 Å². The summed E-state index contributed by atoms with van der Waals surface area (Å²) in [5.41, 5.74) is 2.73. The minimum absolute atomic E-state index is 0.213. The first kappa shape index (κ1) is 17.9. The van der Waals surface area contributed by atoms with E-state index in [9.17, 15) is 9.18 Å². The third kappa shape index (κ3) is 3.39. The molecule has 5 nitrogen and oxygen atoms in total. The minimum Gasteiger partial charge on any atom is -0.332 e. The Hall–Kier alpha value is -2.93. The Morgan fingerprint density at radius 1 is 1.08 bits per heavy atom. The van der Waals surface area contributed by atoms with Crippen LogP contribution in [0.25, 0.3) is 5.69 Å². The maximum absolute atomic E-state index is 13.7. The normalized spacial score (nSPS) is 10.6. The molecule has 0 amide bonds. The van der Waals surface area contributed by atoms with Crippen molar-refractivity contribution in [3.63, 3.8) is 0 Å². The van der Waals surface area contributed by atoms with Gasteiger partial charge in [0.05, 0.1) is 11.4 Å². The van der Waals surface area contributed by atoms with Crippen molar-refractivity contribution in [2.45, 2.75) is 13.8 Å². The number of benzene rings is 2. The van der Waals surface area contributed by atoms with E-state index in [0.717, 1.165) is 11.4 Å². The van der Waals surface area contributed by atoms with E-state index in [4.69, 9.17) is 12.2 Å². The van der Waals surface area contributed by atoms with Crippen LogP contribution in [0.15, 0.2) is 53.3 Å². The van der Waals surface area contributed by atoms with Crippen LogP contribution in [0.1, 0.15) is 11.3 Å². The Bertz CT molecular complexity index is 1020. The standard InChI is InChI=1S/C19H19FN4OS/c1-12-9-10-14(11-16(12)20)21-19(26)22-17-13(2)23(3)24(18(17)25)15-7-5-4-6-8-15/h4-11H,1-3H3,(H2,21,22,26). The molecule has 0 unspecified atom stereocenters. The van der Waals surface area contributed by atoms with Crippen molar-refractivity contribution < 1.29 is 4.39 Å². The summed E-state index contributed by atoms with van der Waals surface area (Å²) >= 11 is 5.28. The summed E-state index contributed by atoms with van der Waals surface area (Å²) < 4.78 is 17.0. The molecule has 0 saturated carbocycles. The molecule has 3 rings (SSSR count). The van der Waals surface area contributed by atoms with Gasteiger partial charge in [-0.05, 0) is 55.9 Å². The third-order valence-corrected chi connectivity index (χ3v) is 4.43. The first-order valence-corrected chi connectivity index (χ1v) is 8.47. The Morgan fingerprint density at radius 2 is 1.77 bits per heavy atom. The molecule has 3 aromatic rings. The summed E-state index contributed by atoms with van der Waals surface area (Å²) in [6.45, 7) is 3.52. The van der Waals surface area contributed by atoms with E-state index >= 15 is 0 Å². The van der Waals surface area contributed by atoms with Crippen LogP contribution in [-0.2, 0) is 7.05 Å². The molecule has 1 aromatic heterocycles. The molecule has 0 saturated heterocycles. The molecule has 2 N–H and O–H groups in total. The molecule has 0 bridgehead atoms. The second kappa shape index (κ2) is 7.13. The number of halogens is 1. The van der Waals surface area contributed by atoms with Crippen LogP contribution in [0.3, 0.4) is 0 Å². The average Bonchev–Trinajstić information content (AvgIpc) is 2.82. The number of aryl methyl sites for hydroxylation is 1. The van der Waals surface area contributed by atoms with Gasteiger partial charge in [0, 0.05) is 12.7 Å². The highest BCUT2D eigenvalue weighted by Gasteiger charge is 2.17. The molecule has 2 aromatic carbocycles. The number of aromatic nitrogens is 2. The van der Waals surface area contributed by atoms with Gasteiger partial charge in [-0.1, -0.05) is 24.3 Å². The van der Waals surface area contributed by atoms with Crippen molar-refractivity contribution >= 4 is 28.7 Å². The van der Waals surface area contributed by atoms with E-state index < -0.39 is 0 Å². The Kier molecular flexibility index (Phi) is 4.90. The Balaban J connectivity index is 1.87. The fourth-order valence-corrected chi connectivity index (χ4v) is 2.88. The van der Waals surface area contributed by atoms with Gasteiger partial charge in [0.15, 0.2) is 5.11 Å². The molecule has 0 atom stereocenters. The first-order valence-electron chi connectivity index (χ1n) is 8.06. The molecule has 0 aliphatic heterocycles. The zero-order valence-electron chi connectivity index (χ0n) is 14.7. The Morgan fingerprint density at radius 3 is 2.42 bits per heavy atom. The number of para-hydroxylation sites is 1. The van der Waals surface area contributed by atoms with E-state index in [0.29, 0.717) is 16.9 Å². The van der Waals surface area contributed by atoms with E-state index in [2.05, 4.69) is 10.6 Å². The van der Waals surface area contributed by atoms with E-state index in [1.165, 1.54) is 6.07 Å². The van der Waals surface area contributed by atoms with Crippen LogP contribution in [0.2, 0.25) is 0 Å². The predicted molar refractivity (Wildman–Crippen MR) is 107 cm³/mol. The molecule has 26 heavy (non-hydrogen) atoms. The summed E-state index contributed by atoms with van der Waals surface area (Å²) in [5.74, 6) is -0.319. The lowest BCUT2D eigenvalue weighted by atomic mass is 10.2. The lowest BCUT2D eigenvalue weighted by molar-refractivity contribution is 0.619. The smallest absolute Gasteiger partial charge is 0.295 e. The largest absolute Gasteiger partial charge is 0.332 e. The summed E-state index contributed by atoms with van der Waals surface area (Å²) in [4.78, 5) is 12.8. The van der Waals surface area contributed by atoms with Gasteiger partial charge in [-0.2, -0.15) is 0 Å². The molecule has 7 heteroatoms. The highest BCUT2D eigenvalue weighted by Crippen LogP contribution is 2.16. The van der Waals surface area contributed by atoms with Gasteiger partial charge < -0.3 is 10.6 Å². The number of thiocarbonyl (C=S) groups is 1. The molecule has 1 heterocycles. The van der Waals surface area contributed by atoms with Gasteiger partial charge in [0.1, 0.15) is 11.5 Å². The number of nitrogens with one attached hydrogen (secondary N) is 2. The first-order chi connectivity index (χ1) is 12.4. The molecule has 0 radical (unpaired) electrons. The van der Waals surface area contributed by atoms with Crippen molar-refractivity contribution in [2.24, 2.45) is 7.05 Å². The second-order valence-electron chi connectivity index (χ2n) is 5.98. The summed E-state index contributed by atoms with van der Waals surface area (Å²) in [6, 6.07) is 14.1. The lowest BCUT2D eigenvalue weighted by Crippen LogP contribution is -2.25. The number of anilines is 2. The zero-order chi connectivity index (χ0) is 18.8. The molecular weight excluding hydrogens is 351 g/mol. The van der Waals surface area contributed by atoms with Crippen LogP contribution in [0.5, 0.6) is 0 Å². The minimum atomic E-state index is -0.319. The molecular formula is C19H19FN4OS. The highest BCUT2D eigenvalue weighted by molar-refractivity contribution is 7.80. The molecule has 0 spiro atoms. The fourth-order valence-electron chi connectivity index (χ4n) is 2.66. The molecule has 0 aliphatic carbocycles. The van der Waals surface area contributed by atoms with E-state index in [1.807, 2.05) is 37.3 Å². The highest BCUT2D eigenvalue weighted by atomic mass is 32.1. The van der Waals surface area contributed by atoms with Crippen LogP contribution >= 0.6 is 12.2 Å². The molecule has 0 aliphatic rings. The monoisotopic (exact) mass is 370 g/mol. The van der Waals surface area contributed by atoms with Crippen molar-refractivity contribution in [2.75, 3.05) is 10.6 Å². The van der Waals surface area contributed by atoms with Gasteiger partial charge in [0.25, 0.3) is 5.56 Å². The van der Waals surface area contributed by atoms with Gasteiger partial charge in [-0.15, -0.1) is 0 Å². The maximum atomic E-state index is 13.7. The van der Waals surface area contributed by atoms with Crippen molar-refractivity contribution in [1.82, 2.24) is 9.36 Å². The number of hydrogen-bond donors (Lipinski definition) is 2. The predicted octanol–water partition coefficient (Wildman–Crippen LogP) is 3.74. The maximum Gasteiger partial charge on any atom is 0.295 e. The topological polar surface area (TPSA) is 51.0 Å². The van der Waals surface area contributed by atoms with Crippen LogP contribution in [0.4, 0.5) is 15.8 Å². The van der Waals surface area contributed by atoms with E-state index in [-0.39, 0.29) is 16.5 Å². The summed E-state index contributed by atoms with van der Waals surface area (Å²) in [6.07, 6.45) is 0. The van der Waals surface area contributed by atoms with E-state index in [1.54, 1.807) is 35.5 Å². The second-order valence-corrected chi connectivity index (χ2v) is 6.39. The molecule has 0 fully saturated rings. The Labute approximate surface area is 156 Å². The average molecular weight is 370 g/mol. The fraction of sp³-hybridized carbons (Fsp3) is 0.158. The number of hydrogen-bond acceptors (Lipinski definition) is 2. The SMILES string of the molecule is Cc1ccc(NC(=S)Nc2c(C)n(C)n(-c3ccccc3)c2=O)cc1F.